The van der Waals surface area contributed by atoms with Gasteiger partial charge in [0.15, 0.2) is 11.5 Å². The lowest BCUT2D eigenvalue weighted by Crippen LogP contribution is -2.37. The molecule has 15 heteroatoms. The first-order chi connectivity index (χ1) is 21.0. The number of carbonyl (C=O) groups excluding carboxylic acids is 3. The zero-order valence-electron chi connectivity index (χ0n) is 24.0. The van der Waals surface area contributed by atoms with Crippen molar-refractivity contribution >= 4 is 40.9 Å². The molecular weight excluding hydrogens is 651 g/mol. The van der Waals surface area contributed by atoms with Crippen LogP contribution in [0.3, 0.4) is 0 Å². The molecule has 3 aromatic rings. The molecule has 0 N–H and O–H groups in total. The SMILES string of the molecule is CCOC(=O)C1(C)CCC(n2ncc(C(=O)N(CC(=O)c3c(Cl)cc(F)cc3Cl)Cc3cc(F)cc(F)c3)c2C(F)(F)F)CC1. The van der Waals surface area contributed by atoms with Crippen LogP contribution < -0.4 is 0 Å². The first kappa shape index (κ1) is 34.3. The fourth-order valence-electron chi connectivity index (χ4n) is 5.43. The molecule has 1 saturated carbocycles. The van der Waals surface area contributed by atoms with Crippen LogP contribution in [0.2, 0.25) is 10.0 Å². The van der Waals surface area contributed by atoms with Crippen LogP contribution in [0.5, 0.6) is 0 Å². The summed E-state index contributed by atoms with van der Waals surface area (Å²) in [5, 5.41) is 3.07. The van der Waals surface area contributed by atoms with Crippen LogP contribution >= 0.6 is 23.2 Å². The summed E-state index contributed by atoms with van der Waals surface area (Å²) < 4.78 is 91.2. The van der Waals surface area contributed by atoms with E-state index in [0.29, 0.717) is 21.8 Å². The maximum absolute atomic E-state index is 14.6. The van der Waals surface area contributed by atoms with Crippen molar-refractivity contribution in [1.29, 1.82) is 0 Å². The normalized spacial score (nSPS) is 18.5. The second kappa shape index (κ2) is 13.4. The zero-order valence-corrected chi connectivity index (χ0v) is 25.5. The molecule has 0 bridgehead atoms. The van der Waals surface area contributed by atoms with E-state index in [1.54, 1.807) is 13.8 Å². The molecule has 4 rings (SSSR count). The van der Waals surface area contributed by atoms with Gasteiger partial charge in [-0.1, -0.05) is 23.2 Å². The van der Waals surface area contributed by atoms with Gasteiger partial charge in [-0.15, -0.1) is 0 Å². The third-order valence-electron chi connectivity index (χ3n) is 7.67. The number of hydrogen-bond donors (Lipinski definition) is 0. The van der Waals surface area contributed by atoms with Crippen LogP contribution in [0.25, 0.3) is 0 Å². The van der Waals surface area contributed by atoms with E-state index in [0.717, 1.165) is 24.3 Å². The van der Waals surface area contributed by atoms with Crippen LogP contribution in [-0.2, 0) is 22.3 Å². The Balaban J connectivity index is 1.71. The number of esters is 1. The number of rotatable bonds is 9. The van der Waals surface area contributed by atoms with Gasteiger partial charge in [-0.05, 0) is 69.4 Å². The number of hydrogen-bond acceptors (Lipinski definition) is 5. The quantitative estimate of drug-likeness (QED) is 0.131. The smallest absolute Gasteiger partial charge is 0.433 e. The van der Waals surface area contributed by atoms with Crippen molar-refractivity contribution < 1.29 is 45.5 Å². The summed E-state index contributed by atoms with van der Waals surface area (Å²) in [7, 11) is 0. The number of halogens is 8. The molecule has 0 spiro atoms. The Morgan fingerprint density at radius 3 is 2.09 bits per heavy atom. The van der Waals surface area contributed by atoms with Gasteiger partial charge in [-0.3, -0.25) is 19.1 Å². The summed E-state index contributed by atoms with van der Waals surface area (Å²) in [5.41, 5.74) is -3.77. The fraction of sp³-hybridized carbons (Fsp3) is 0.400. The number of ether oxygens (including phenoxy) is 1. The monoisotopic (exact) mass is 677 g/mol. The lowest BCUT2D eigenvalue weighted by molar-refractivity contribution is -0.157. The highest BCUT2D eigenvalue weighted by molar-refractivity contribution is 6.40. The number of benzene rings is 2. The number of amides is 1. The minimum absolute atomic E-state index is 0.125. The largest absolute Gasteiger partial charge is 0.466 e. The van der Waals surface area contributed by atoms with Crippen molar-refractivity contribution in [1.82, 2.24) is 14.7 Å². The highest BCUT2D eigenvalue weighted by atomic mass is 35.5. The molecule has 1 heterocycles. The van der Waals surface area contributed by atoms with Crippen molar-refractivity contribution in [3.8, 4) is 0 Å². The Hall–Kier alpha value is -3.58. The minimum Gasteiger partial charge on any atom is -0.466 e. The van der Waals surface area contributed by atoms with Crippen LogP contribution in [-0.4, -0.2) is 45.5 Å². The molecule has 0 radical (unpaired) electrons. The molecule has 0 atom stereocenters. The van der Waals surface area contributed by atoms with E-state index in [2.05, 4.69) is 5.10 Å². The van der Waals surface area contributed by atoms with E-state index in [-0.39, 0.29) is 37.9 Å². The summed E-state index contributed by atoms with van der Waals surface area (Å²) in [6, 6.07) is 3.01. The van der Waals surface area contributed by atoms with Gasteiger partial charge in [0.1, 0.15) is 17.5 Å². The Kier molecular flexibility index (Phi) is 10.2. The number of carbonyl (C=O) groups is 3. The third kappa shape index (κ3) is 7.63. The number of nitrogens with zero attached hydrogens (tertiary/aromatic N) is 3. The molecule has 0 unspecified atom stereocenters. The van der Waals surface area contributed by atoms with Crippen LogP contribution in [0, 0.1) is 22.9 Å². The summed E-state index contributed by atoms with van der Waals surface area (Å²) in [6.07, 6.45) is -3.71. The lowest BCUT2D eigenvalue weighted by Gasteiger charge is -2.35. The molecule has 1 aliphatic rings. The molecule has 7 nitrogen and oxygen atoms in total. The maximum Gasteiger partial charge on any atom is 0.433 e. The van der Waals surface area contributed by atoms with Gasteiger partial charge in [0.05, 0.1) is 52.0 Å². The van der Waals surface area contributed by atoms with Crippen LogP contribution in [0.15, 0.2) is 36.5 Å². The van der Waals surface area contributed by atoms with Crippen molar-refractivity contribution in [3.05, 3.63) is 86.4 Å². The van der Waals surface area contributed by atoms with Gasteiger partial charge in [0.2, 0.25) is 0 Å². The molecule has 1 fully saturated rings. The fourth-order valence-corrected chi connectivity index (χ4v) is 6.10. The Bertz CT molecular complexity index is 1580. The highest BCUT2D eigenvalue weighted by Crippen LogP contribution is 2.44. The minimum atomic E-state index is -5.09. The number of aromatic nitrogens is 2. The number of ketones is 1. The maximum atomic E-state index is 14.6. The van der Waals surface area contributed by atoms with E-state index < -0.39 is 92.7 Å². The van der Waals surface area contributed by atoms with Gasteiger partial charge in [-0.2, -0.15) is 18.3 Å². The third-order valence-corrected chi connectivity index (χ3v) is 8.27. The van der Waals surface area contributed by atoms with E-state index >= 15 is 0 Å². The van der Waals surface area contributed by atoms with E-state index in [1.807, 2.05) is 0 Å². The molecule has 1 aliphatic carbocycles. The van der Waals surface area contributed by atoms with Gasteiger partial charge < -0.3 is 9.64 Å². The molecule has 2 aromatic carbocycles. The average Bonchev–Trinajstić information content (AvgIpc) is 3.38. The van der Waals surface area contributed by atoms with E-state index in [1.165, 1.54) is 0 Å². The van der Waals surface area contributed by atoms with Crippen LogP contribution in [0.1, 0.15) is 77.5 Å². The predicted octanol–water partition coefficient (Wildman–Crippen LogP) is 7.84. The molecule has 242 valence electrons. The van der Waals surface area contributed by atoms with Crippen molar-refractivity contribution in [2.45, 2.75) is 58.3 Å². The Morgan fingerprint density at radius 1 is 1.00 bits per heavy atom. The average molecular weight is 678 g/mol. The second-order valence-electron chi connectivity index (χ2n) is 11.0. The van der Waals surface area contributed by atoms with E-state index in [9.17, 15) is 40.7 Å². The number of Topliss-reactive ketones (excluding diaryl/α,β-unsaturated/α-hetero) is 1. The lowest BCUT2D eigenvalue weighted by atomic mass is 9.74. The predicted molar refractivity (Wildman–Crippen MR) is 151 cm³/mol. The van der Waals surface area contributed by atoms with Crippen LogP contribution in [0.4, 0.5) is 26.3 Å². The molecule has 0 saturated heterocycles. The van der Waals surface area contributed by atoms with Crippen molar-refractivity contribution in [2.75, 3.05) is 13.2 Å². The summed E-state index contributed by atoms with van der Waals surface area (Å²) in [6.45, 7) is 1.84. The Morgan fingerprint density at radius 2 is 1.56 bits per heavy atom. The molecule has 1 aromatic heterocycles. The highest BCUT2D eigenvalue weighted by Gasteiger charge is 2.45. The molecule has 1 amide bonds. The summed E-state index contributed by atoms with van der Waals surface area (Å²) >= 11 is 12.0. The van der Waals surface area contributed by atoms with Gasteiger partial charge in [0.25, 0.3) is 5.91 Å². The zero-order chi connectivity index (χ0) is 33.3. The van der Waals surface area contributed by atoms with E-state index in [4.69, 9.17) is 27.9 Å². The molecule has 0 aliphatic heterocycles. The van der Waals surface area contributed by atoms with Gasteiger partial charge in [-0.25, -0.2) is 13.2 Å². The van der Waals surface area contributed by atoms with Crippen molar-refractivity contribution in [3.63, 3.8) is 0 Å². The number of alkyl halides is 3. The Labute approximate surface area is 264 Å². The standard InChI is InChI=1S/C30H27Cl2F6N3O4/c1-3-45-28(44)29(2)6-4-20(5-7-29)41-26(30(36,37)38)21(13-39-41)27(43)40(14-16-8-17(33)10-18(34)9-16)15-24(42)25-22(31)11-19(35)12-23(25)32/h8-13,20H,3-7,14-15H2,1-2H3. The summed E-state index contributed by atoms with van der Waals surface area (Å²) in [4.78, 5) is 40.1. The topological polar surface area (TPSA) is 81.5 Å². The first-order valence-corrected chi connectivity index (χ1v) is 14.5. The van der Waals surface area contributed by atoms with Gasteiger partial charge >= 0.3 is 12.1 Å². The van der Waals surface area contributed by atoms with Gasteiger partial charge in [0, 0.05) is 12.6 Å². The molecular formula is C30H27Cl2F6N3O4. The second-order valence-corrected chi connectivity index (χ2v) is 11.8. The molecule has 45 heavy (non-hydrogen) atoms. The van der Waals surface area contributed by atoms with Crippen molar-refractivity contribution in [2.24, 2.45) is 5.41 Å². The first-order valence-electron chi connectivity index (χ1n) is 13.8. The summed E-state index contributed by atoms with van der Waals surface area (Å²) in [5.74, 6) is -5.66.